The maximum atomic E-state index is 13.7. The smallest absolute Gasteiger partial charge is 0.295 e. The highest BCUT2D eigenvalue weighted by atomic mass is 35.5. The summed E-state index contributed by atoms with van der Waals surface area (Å²) in [6.07, 6.45) is 6.48. The zero-order valence-corrected chi connectivity index (χ0v) is 18.3. The SMILES string of the molecule is C=CCOc1cccc(C2C3=C(OC4CCCCC4C3=O)C(=O)N2c2ccc(Cl)cn2)c1. The second-order valence-electron chi connectivity index (χ2n) is 8.24. The van der Waals surface area contributed by atoms with Crippen LogP contribution in [0, 0.1) is 5.92 Å². The normalized spacial score (nSPS) is 24.7. The molecule has 7 heteroatoms. The minimum Gasteiger partial charge on any atom is -0.490 e. The van der Waals surface area contributed by atoms with E-state index in [-0.39, 0.29) is 29.5 Å². The highest BCUT2D eigenvalue weighted by Crippen LogP contribution is 2.48. The lowest BCUT2D eigenvalue weighted by atomic mass is 9.77. The number of nitrogens with zero attached hydrogens (tertiary/aromatic N) is 2. The fraction of sp³-hybridized carbons (Fsp3) is 0.320. The number of amides is 1. The Balaban J connectivity index is 1.62. The molecule has 1 aromatic heterocycles. The molecule has 0 radical (unpaired) electrons. The fourth-order valence-corrected chi connectivity index (χ4v) is 4.95. The number of Topliss-reactive ketones (excluding diaryl/α,β-unsaturated/α-hetero) is 1. The average molecular weight is 451 g/mol. The second kappa shape index (κ2) is 8.43. The first kappa shape index (κ1) is 20.8. The van der Waals surface area contributed by atoms with Crippen LogP contribution in [-0.4, -0.2) is 29.4 Å². The quantitative estimate of drug-likeness (QED) is 0.612. The lowest BCUT2D eigenvalue weighted by Gasteiger charge is -2.35. The van der Waals surface area contributed by atoms with Crippen molar-refractivity contribution in [2.75, 3.05) is 11.5 Å². The van der Waals surface area contributed by atoms with Gasteiger partial charge in [-0.25, -0.2) is 4.98 Å². The molecule has 3 aliphatic rings. The molecule has 3 heterocycles. The van der Waals surface area contributed by atoms with E-state index < -0.39 is 6.04 Å². The topological polar surface area (TPSA) is 68.7 Å². The van der Waals surface area contributed by atoms with Crippen molar-refractivity contribution in [3.8, 4) is 5.75 Å². The lowest BCUT2D eigenvalue weighted by molar-refractivity contribution is -0.131. The van der Waals surface area contributed by atoms with Crippen LogP contribution in [0.3, 0.4) is 0 Å². The van der Waals surface area contributed by atoms with Crippen molar-refractivity contribution >= 4 is 29.1 Å². The van der Waals surface area contributed by atoms with E-state index in [9.17, 15) is 9.59 Å². The molecule has 0 saturated heterocycles. The summed E-state index contributed by atoms with van der Waals surface area (Å²) in [4.78, 5) is 33.1. The summed E-state index contributed by atoms with van der Waals surface area (Å²) >= 11 is 6.03. The molecule has 6 nitrogen and oxygen atoms in total. The zero-order valence-electron chi connectivity index (χ0n) is 17.5. The Bertz CT molecular complexity index is 1110. The number of hydrogen-bond acceptors (Lipinski definition) is 5. The Labute approximate surface area is 191 Å². The van der Waals surface area contributed by atoms with E-state index in [1.165, 1.54) is 11.1 Å². The van der Waals surface area contributed by atoms with Gasteiger partial charge in [0.25, 0.3) is 5.91 Å². The Morgan fingerprint density at radius 3 is 2.84 bits per heavy atom. The summed E-state index contributed by atoms with van der Waals surface area (Å²) in [5.41, 5.74) is 1.17. The van der Waals surface area contributed by atoms with Crippen molar-refractivity contribution in [1.29, 1.82) is 0 Å². The molecule has 0 bridgehead atoms. The molecule has 0 spiro atoms. The van der Waals surface area contributed by atoms with Crippen LogP contribution in [0.15, 0.2) is 66.6 Å². The summed E-state index contributed by atoms with van der Waals surface area (Å²) in [7, 11) is 0. The van der Waals surface area contributed by atoms with Crippen molar-refractivity contribution in [3.05, 3.63) is 77.2 Å². The minimum atomic E-state index is -0.645. The third-order valence-corrected chi connectivity index (χ3v) is 6.49. The predicted octanol–water partition coefficient (Wildman–Crippen LogP) is 4.80. The molecule has 3 atom stereocenters. The van der Waals surface area contributed by atoms with Crippen LogP contribution >= 0.6 is 11.6 Å². The Kier molecular flexibility index (Phi) is 5.47. The van der Waals surface area contributed by atoms with Crippen molar-refractivity contribution < 1.29 is 19.1 Å². The number of pyridine rings is 1. The molecule has 1 aromatic carbocycles. The summed E-state index contributed by atoms with van der Waals surface area (Å²) in [5.74, 6) is 0.634. The van der Waals surface area contributed by atoms with E-state index in [0.29, 0.717) is 28.8 Å². The van der Waals surface area contributed by atoms with Crippen molar-refractivity contribution in [3.63, 3.8) is 0 Å². The van der Waals surface area contributed by atoms with Crippen LogP contribution in [0.25, 0.3) is 0 Å². The van der Waals surface area contributed by atoms with Crippen LogP contribution < -0.4 is 9.64 Å². The van der Waals surface area contributed by atoms with Gasteiger partial charge in [-0.2, -0.15) is 0 Å². The molecule has 32 heavy (non-hydrogen) atoms. The standard InChI is InChI=1S/C25H23ClN2O4/c1-2-12-31-17-7-5-6-15(13-17)22-21-23(29)18-8-3-4-9-19(18)32-24(21)25(30)28(22)20-11-10-16(26)14-27-20/h2,5-7,10-11,13-14,18-19,22H,1,3-4,8-9,12H2. The van der Waals surface area contributed by atoms with Gasteiger partial charge in [0.1, 0.15) is 24.3 Å². The molecule has 1 saturated carbocycles. The molecular formula is C25H23ClN2O4. The summed E-state index contributed by atoms with van der Waals surface area (Å²) < 4.78 is 11.9. The number of ether oxygens (including phenoxy) is 2. The number of benzene rings is 1. The molecule has 1 fully saturated rings. The Morgan fingerprint density at radius 1 is 1.22 bits per heavy atom. The first-order chi connectivity index (χ1) is 15.6. The summed E-state index contributed by atoms with van der Waals surface area (Å²) in [5, 5.41) is 0.466. The number of carbonyl (C=O) groups excluding carboxylic acids is 2. The zero-order chi connectivity index (χ0) is 22.2. The van der Waals surface area contributed by atoms with Gasteiger partial charge in [-0.15, -0.1) is 0 Å². The second-order valence-corrected chi connectivity index (χ2v) is 8.68. The third kappa shape index (κ3) is 3.48. The number of anilines is 1. The number of ketones is 1. The van der Waals surface area contributed by atoms with Gasteiger partial charge in [-0.05, 0) is 49.1 Å². The molecule has 2 aromatic rings. The predicted molar refractivity (Wildman–Crippen MR) is 120 cm³/mol. The van der Waals surface area contributed by atoms with Crippen molar-refractivity contribution in [1.82, 2.24) is 4.98 Å². The monoisotopic (exact) mass is 450 g/mol. The van der Waals surface area contributed by atoms with Crippen molar-refractivity contribution in [2.24, 2.45) is 5.92 Å². The van der Waals surface area contributed by atoms with Crippen LogP contribution in [0.1, 0.15) is 37.3 Å². The van der Waals surface area contributed by atoms with Crippen LogP contribution in [-0.2, 0) is 14.3 Å². The van der Waals surface area contributed by atoms with Gasteiger partial charge in [0.15, 0.2) is 11.5 Å². The Morgan fingerprint density at radius 2 is 2.06 bits per heavy atom. The number of hydrogen-bond donors (Lipinski definition) is 0. The van der Waals surface area contributed by atoms with Gasteiger partial charge in [0.05, 0.1) is 22.6 Å². The number of rotatable bonds is 5. The van der Waals surface area contributed by atoms with Gasteiger partial charge in [0.2, 0.25) is 0 Å². The van der Waals surface area contributed by atoms with Crippen LogP contribution in [0.4, 0.5) is 5.82 Å². The highest BCUT2D eigenvalue weighted by Gasteiger charge is 2.52. The van der Waals surface area contributed by atoms with E-state index in [4.69, 9.17) is 21.1 Å². The first-order valence-corrected chi connectivity index (χ1v) is 11.2. The average Bonchev–Trinajstić information content (AvgIpc) is 3.11. The van der Waals surface area contributed by atoms with Gasteiger partial charge >= 0.3 is 0 Å². The number of fused-ring (bicyclic) bond motifs is 1. The molecule has 1 aliphatic carbocycles. The van der Waals surface area contributed by atoms with E-state index in [0.717, 1.165) is 31.2 Å². The van der Waals surface area contributed by atoms with E-state index in [1.807, 2.05) is 24.3 Å². The largest absolute Gasteiger partial charge is 0.490 e. The maximum absolute atomic E-state index is 13.7. The molecule has 5 rings (SSSR count). The Hall–Kier alpha value is -3.12. The maximum Gasteiger partial charge on any atom is 0.295 e. The highest BCUT2D eigenvalue weighted by molar-refractivity contribution is 6.30. The van der Waals surface area contributed by atoms with E-state index in [1.54, 1.807) is 18.2 Å². The van der Waals surface area contributed by atoms with Gasteiger partial charge in [-0.3, -0.25) is 14.5 Å². The van der Waals surface area contributed by atoms with E-state index >= 15 is 0 Å². The summed E-state index contributed by atoms with van der Waals surface area (Å²) in [6.45, 7) is 4.04. The van der Waals surface area contributed by atoms with Crippen LogP contribution in [0.2, 0.25) is 5.02 Å². The molecule has 3 unspecified atom stereocenters. The number of halogens is 1. The molecule has 1 amide bonds. The third-order valence-electron chi connectivity index (χ3n) is 6.26. The minimum absolute atomic E-state index is 0.00294. The number of carbonyl (C=O) groups is 2. The van der Waals surface area contributed by atoms with Gasteiger partial charge < -0.3 is 9.47 Å². The number of aromatic nitrogens is 1. The fourth-order valence-electron chi connectivity index (χ4n) is 4.84. The lowest BCUT2D eigenvalue weighted by Crippen LogP contribution is -2.39. The van der Waals surface area contributed by atoms with Crippen LogP contribution in [0.5, 0.6) is 5.75 Å². The van der Waals surface area contributed by atoms with Gasteiger partial charge in [-0.1, -0.05) is 42.8 Å². The van der Waals surface area contributed by atoms with Gasteiger partial charge in [0, 0.05) is 6.20 Å². The summed E-state index contributed by atoms with van der Waals surface area (Å²) in [6, 6.07) is 10.1. The van der Waals surface area contributed by atoms with E-state index in [2.05, 4.69) is 11.6 Å². The first-order valence-electron chi connectivity index (χ1n) is 10.8. The molecule has 2 aliphatic heterocycles. The molecule has 164 valence electrons. The van der Waals surface area contributed by atoms with Crippen molar-refractivity contribution in [2.45, 2.75) is 37.8 Å². The molecule has 0 N–H and O–H groups in total. The molecular weight excluding hydrogens is 428 g/mol.